The van der Waals surface area contributed by atoms with Crippen LogP contribution in [-0.4, -0.2) is 23.5 Å². The molecule has 0 aliphatic rings. The van der Waals surface area contributed by atoms with Crippen molar-refractivity contribution < 1.29 is 18.0 Å². The van der Waals surface area contributed by atoms with Crippen LogP contribution in [-0.2, 0) is 17.8 Å². The number of carbonyl (C=O) groups is 1. The number of thiophene rings is 1. The summed E-state index contributed by atoms with van der Waals surface area (Å²) in [6, 6.07) is 11.4. The summed E-state index contributed by atoms with van der Waals surface area (Å²) < 4.78 is 38.1. The number of benzene rings is 1. The number of nitrogens with zero attached hydrogens (tertiary/aromatic N) is 1. The fourth-order valence-electron chi connectivity index (χ4n) is 2.30. The van der Waals surface area contributed by atoms with Crippen LogP contribution in [0.4, 0.5) is 13.2 Å². The van der Waals surface area contributed by atoms with Crippen LogP contribution in [0.1, 0.15) is 24.0 Å². The Hall–Kier alpha value is -1.82. The van der Waals surface area contributed by atoms with Crippen LogP contribution in [0.15, 0.2) is 47.2 Å². The van der Waals surface area contributed by atoms with Crippen LogP contribution in [0.25, 0.3) is 0 Å². The Morgan fingerprint density at radius 1 is 1.09 bits per heavy atom. The van der Waals surface area contributed by atoms with Gasteiger partial charge >= 0.3 is 6.18 Å². The van der Waals surface area contributed by atoms with Crippen molar-refractivity contribution in [2.45, 2.75) is 32.0 Å². The third kappa shape index (κ3) is 6.44. The predicted octanol–water partition coefficient (Wildman–Crippen LogP) is 4.66. The minimum atomic E-state index is -4.38. The molecule has 1 heterocycles. The molecule has 2 rings (SSSR count). The minimum Gasteiger partial charge on any atom is -0.329 e. The summed E-state index contributed by atoms with van der Waals surface area (Å²) >= 11 is 1.41. The van der Waals surface area contributed by atoms with Gasteiger partial charge < -0.3 is 4.90 Å². The third-order valence-electron chi connectivity index (χ3n) is 3.38. The quantitative estimate of drug-likeness (QED) is 0.717. The number of amides is 1. The van der Waals surface area contributed by atoms with Gasteiger partial charge in [-0.05, 0) is 40.8 Å². The van der Waals surface area contributed by atoms with Gasteiger partial charge in [-0.1, -0.05) is 30.3 Å². The molecule has 1 aromatic carbocycles. The Morgan fingerprint density at radius 3 is 2.43 bits per heavy atom. The molecule has 23 heavy (non-hydrogen) atoms. The first-order valence-electron chi connectivity index (χ1n) is 7.33. The third-order valence-corrected chi connectivity index (χ3v) is 4.11. The molecule has 0 aliphatic heterocycles. The fourth-order valence-corrected chi connectivity index (χ4v) is 2.96. The standard InChI is InChI=1S/C17H18F3NOS/c18-17(19,20)13-21(11-15-9-10-23-12-15)16(22)8-4-7-14-5-2-1-3-6-14/h1-3,5-6,9-10,12H,4,7-8,11,13H2. The first-order valence-corrected chi connectivity index (χ1v) is 8.28. The van der Waals surface area contributed by atoms with E-state index in [1.807, 2.05) is 30.3 Å². The Bertz CT molecular complexity index is 596. The molecule has 0 unspecified atom stereocenters. The van der Waals surface area contributed by atoms with Crippen molar-refractivity contribution >= 4 is 17.2 Å². The normalized spacial score (nSPS) is 11.4. The van der Waals surface area contributed by atoms with Gasteiger partial charge in [0.05, 0.1) is 0 Å². The van der Waals surface area contributed by atoms with E-state index >= 15 is 0 Å². The van der Waals surface area contributed by atoms with E-state index in [1.54, 1.807) is 16.8 Å². The molecular formula is C17H18F3NOS. The van der Waals surface area contributed by atoms with E-state index in [-0.39, 0.29) is 13.0 Å². The van der Waals surface area contributed by atoms with Crippen molar-refractivity contribution in [2.75, 3.05) is 6.54 Å². The topological polar surface area (TPSA) is 20.3 Å². The largest absolute Gasteiger partial charge is 0.406 e. The van der Waals surface area contributed by atoms with Crippen LogP contribution in [0.3, 0.4) is 0 Å². The van der Waals surface area contributed by atoms with Gasteiger partial charge in [0, 0.05) is 13.0 Å². The molecule has 124 valence electrons. The smallest absolute Gasteiger partial charge is 0.329 e. The van der Waals surface area contributed by atoms with Gasteiger partial charge in [-0.25, -0.2) is 0 Å². The first kappa shape index (κ1) is 17.5. The molecule has 2 aromatic rings. The van der Waals surface area contributed by atoms with E-state index in [0.717, 1.165) is 16.0 Å². The highest BCUT2D eigenvalue weighted by molar-refractivity contribution is 7.07. The van der Waals surface area contributed by atoms with E-state index in [1.165, 1.54) is 11.3 Å². The number of carbonyl (C=O) groups excluding carboxylic acids is 1. The molecular weight excluding hydrogens is 323 g/mol. The summed E-state index contributed by atoms with van der Waals surface area (Å²) in [5.74, 6) is -0.454. The molecule has 0 fully saturated rings. The molecule has 1 amide bonds. The molecule has 0 atom stereocenters. The molecule has 2 nitrogen and oxygen atoms in total. The second-order valence-electron chi connectivity index (χ2n) is 5.34. The van der Waals surface area contributed by atoms with Gasteiger partial charge in [0.15, 0.2) is 0 Å². The van der Waals surface area contributed by atoms with Crippen molar-refractivity contribution in [3.05, 3.63) is 58.3 Å². The Kier molecular flexibility index (Phi) is 6.21. The fraction of sp³-hybridized carbons (Fsp3) is 0.353. The van der Waals surface area contributed by atoms with E-state index in [4.69, 9.17) is 0 Å². The van der Waals surface area contributed by atoms with Gasteiger partial charge in [0.25, 0.3) is 0 Å². The number of halogens is 3. The SMILES string of the molecule is O=C(CCCc1ccccc1)N(Cc1ccsc1)CC(F)(F)F. The lowest BCUT2D eigenvalue weighted by Crippen LogP contribution is -2.38. The highest BCUT2D eigenvalue weighted by Gasteiger charge is 2.32. The summed E-state index contributed by atoms with van der Waals surface area (Å²) in [4.78, 5) is 13.1. The van der Waals surface area contributed by atoms with Gasteiger partial charge in [0.1, 0.15) is 6.54 Å². The first-order chi connectivity index (χ1) is 10.9. The van der Waals surface area contributed by atoms with Gasteiger partial charge in [0.2, 0.25) is 5.91 Å². The molecule has 0 N–H and O–H groups in total. The average Bonchev–Trinajstić information content (AvgIpc) is 2.99. The Balaban J connectivity index is 1.90. The summed E-state index contributed by atoms with van der Waals surface area (Å²) in [7, 11) is 0. The second-order valence-corrected chi connectivity index (χ2v) is 6.12. The predicted molar refractivity (Wildman–Crippen MR) is 85.2 cm³/mol. The van der Waals surface area contributed by atoms with Crippen LogP contribution in [0.2, 0.25) is 0 Å². The maximum Gasteiger partial charge on any atom is 0.406 e. The van der Waals surface area contributed by atoms with Gasteiger partial charge in [-0.15, -0.1) is 0 Å². The minimum absolute atomic E-state index is 0.00712. The Labute approximate surface area is 137 Å². The highest BCUT2D eigenvalue weighted by Crippen LogP contribution is 2.20. The van der Waals surface area contributed by atoms with E-state index < -0.39 is 18.6 Å². The van der Waals surface area contributed by atoms with E-state index in [2.05, 4.69) is 0 Å². The molecule has 0 saturated heterocycles. The lowest BCUT2D eigenvalue weighted by molar-refractivity contribution is -0.162. The van der Waals surface area contributed by atoms with Crippen LogP contribution in [0.5, 0.6) is 0 Å². The second kappa shape index (κ2) is 8.15. The number of alkyl halides is 3. The monoisotopic (exact) mass is 341 g/mol. The zero-order valence-corrected chi connectivity index (χ0v) is 13.4. The molecule has 0 spiro atoms. The average molecular weight is 341 g/mol. The molecule has 0 radical (unpaired) electrons. The van der Waals surface area contributed by atoms with Crippen LogP contribution < -0.4 is 0 Å². The number of hydrogen-bond acceptors (Lipinski definition) is 2. The molecule has 0 bridgehead atoms. The molecule has 0 saturated carbocycles. The maximum atomic E-state index is 12.7. The summed E-state index contributed by atoms with van der Waals surface area (Å²) in [5.41, 5.74) is 1.82. The lowest BCUT2D eigenvalue weighted by Gasteiger charge is -2.23. The summed E-state index contributed by atoms with van der Waals surface area (Å²) in [6.45, 7) is -1.19. The number of rotatable bonds is 7. The molecule has 0 aliphatic carbocycles. The van der Waals surface area contributed by atoms with Crippen LogP contribution >= 0.6 is 11.3 Å². The van der Waals surface area contributed by atoms with Gasteiger partial charge in [-0.3, -0.25) is 4.79 Å². The highest BCUT2D eigenvalue weighted by atomic mass is 32.1. The summed E-state index contributed by atoms with van der Waals surface area (Å²) in [5, 5.41) is 3.56. The lowest BCUT2D eigenvalue weighted by atomic mass is 10.1. The zero-order chi connectivity index (χ0) is 16.7. The van der Waals surface area contributed by atoms with Crippen molar-refractivity contribution in [3.63, 3.8) is 0 Å². The zero-order valence-electron chi connectivity index (χ0n) is 12.6. The number of aryl methyl sites for hydroxylation is 1. The number of hydrogen-bond donors (Lipinski definition) is 0. The Morgan fingerprint density at radius 2 is 1.83 bits per heavy atom. The summed E-state index contributed by atoms with van der Waals surface area (Å²) in [6.07, 6.45) is -3.04. The van der Waals surface area contributed by atoms with Gasteiger partial charge in [-0.2, -0.15) is 24.5 Å². The molecule has 1 aromatic heterocycles. The van der Waals surface area contributed by atoms with Crippen molar-refractivity contribution in [1.82, 2.24) is 4.90 Å². The van der Waals surface area contributed by atoms with E-state index in [9.17, 15) is 18.0 Å². The van der Waals surface area contributed by atoms with Crippen molar-refractivity contribution in [1.29, 1.82) is 0 Å². The maximum absolute atomic E-state index is 12.7. The van der Waals surface area contributed by atoms with Crippen LogP contribution in [0, 0.1) is 0 Å². The van der Waals surface area contributed by atoms with E-state index in [0.29, 0.717) is 12.8 Å². The van der Waals surface area contributed by atoms with Crippen molar-refractivity contribution in [2.24, 2.45) is 0 Å². The van der Waals surface area contributed by atoms with Crippen molar-refractivity contribution in [3.8, 4) is 0 Å². The molecule has 6 heteroatoms.